The third-order valence-corrected chi connectivity index (χ3v) is 7.73. The lowest BCUT2D eigenvalue weighted by Gasteiger charge is -2.30. The van der Waals surface area contributed by atoms with Crippen LogP contribution < -0.4 is 11.1 Å². The first-order chi connectivity index (χ1) is 21.7. The molecule has 0 aromatic rings. The van der Waals surface area contributed by atoms with E-state index in [2.05, 4.69) is 10.5 Å². The van der Waals surface area contributed by atoms with Crippen LogP contribution in [-0.2, 0) is 33.4 Å². The van der Waals surface area contributed by atoms with Gasteiger partial charge in [-0.25, -0.2) is 4.79 Å². The molecule has 2 bridgehead atoms. The van der Waals surface area contributed by atoms with Gasteiger partial charge in [0.05, 0.1) is 17.9 Å². The van der Waals surface area contributed by atoms with E-state index in [-0.39, 0.29) is 41.7 Å². The zero-order chi connectivity index (χ0) is 34.6. The molecule has 6 atom stereocenters. The summed E-state index contributed by atoms with van der Waals surface area (Å²) in [4.78, 5) is 46.0. The van der Waals surface area contributed by atoms with Crippen molar-refractivity contribution in [3.63, 3.8) is 0 Å². The van der Waals surface area contributed by atoms with Crippen LogP contribution in [0.4, 0.5) is 4.79 Å². The van der Waals surface area contributed by atoms with E-state index in [1.165, 1.54) is 33.5 Å². The van der Waals surface area contributed by atoms with Crippen molar-refractivity contribution < 1.29 is 43.3 Å². The van der Waals surface area contributed by atoms with Crippen LogP contribution in [0.1, 0.15) is 40.5 Å². The highest BCUT2D eigenvalue weighted by Crippen LogP contribution is 2.30. The number of carbonyl (C=O) groups excluding carboxylic acids is 3. The topological polar surface area (TPSA) is 171 Å². The molecule has 2 aliphatic rings. The molecule has 0 radical (unpaired) electrons. The van der Waals surface area contributed by atoms with E-state index in [1.54, 1.807) is 32.1 Å². The fourth-order valence-electron chi connectivity index (χ4n) is 5.23. The van der Waals surface area contributed by atoms with E-state index in [4.69, 9.17) is 29.5 Å². The monoisotopic (exact) mass is 646 g/mol. The molecule has 0 fully saturated rings. The Morgan fingerprint density at radius 1 is 1.15 bits per heavy atom. The number of methoxy groups -OCH3 is 2. The van der Waals surface area contributed by atoms with Gasteiger partial charge in [-0.2, -0.15) is 0 Å². The molecule has 0 spiro atoms. The lowest BCUT2D eigenvalue weighted by molar-refractivity contribution is -0.119. The number of ketones is 1. The van der Waals surface area contributed by atoms with Gasteiger partial charge < -0.3 is 44.8 Å². The first-order valence-electron chi connectivity index (χ1n) is 15.2. The molecule has 1 aliphatic heterocycles. The lowest BCUT2D eigenvalue weighted by atomic mass is 9.85. The Morgan fingerprint density at radius 3 is 2.43 bits per heavy atom. The number of nitrogens with one attached hydrogen (secondary N) is 1. The van der Waals surface area contributed by atoms with Crippen LogP contribution in [0.25, 0.3) is 0 Å². The first-order valence-corrected chi connectivity index (χ1v) is 15.2. The molecule has 0 aromatic heterocycles. The summed E-state index contributed by atoms with van der Waals surface area (Å²) in [5.41, 5.74) is 6.85. The van der Waals surface area contributed by atoms with Crippen LogP contribution >= 0.6 is 0 Å². The second-order valence-electron chi connectivity index (χ2n) is 11.8. The number of fused-ring (bicyclic) bond motifs is 2. The van der Waals surface area contributed by atoms with Gasteiger partial charge in [-0.3, -0.25) is 9.59 Å². The minimum Gasteiger partial charge on any atom is -0.489 e. The van der Waals surface area contributed by atoms with Crippen molar-refractivity contribution in [1.29, 1.82) is 0 Å². The number of rotatable bonds is 8. The van der Waals surface area contributed by atoms with Crippen LogP contribution in [0.15, 0.2) is 63.7 Å². The second-order valence-corrected chi connectivity index (χ2v) is 11.8. The number of Topliss-reactive ketones (excluding diaryl/α,β-unsaturated/α-hetero) is 1. The number of oxime groups is 1. The molecule has 256 valence electrons. The summed E-state index contributed by atoms with van der Waals surface area (Å²) in [6.45, 7) is 7.97. The number of carbonyl (C=O) groups is 3. The third-order valence-electron chi connectivity index (χ3n) is 7.73. The average molecular weight is 647 g/mol. The summed E-state index contributed by atoms with van der Waals surface area (Å²) in [5, 5.41) is 18.2. The standard InChI is InChI=1S/C33H50N4O9/c1-19-15-23-29(39)24(18-25(36-44-9)31(23)45-14-13-37(5)6)35-32(40)20(2)11-10-12-26(42-7)30(46-33(34)41)22(4)17-21(3)28(38)27(16-19)43-8/h10-12,17-19,21,26-28,30,38H,13-16H2,1-9H3,(H2,34,41)(H,35,40)/b12-10-,20-11+,22-17+,36-25+/t19-,21+,26+,27+,28-,30+/m1/s1. The summed E-state index contributed by atoms with van der Waals surface area (Å²) >= 11 is 0. The zero-order valence-corrected chi connectivity index (χ0v) is 28.4. The van der Waals surface area contributed by atoms with Crippen molar-refractivity contribution >= 4 is 23.5 Å². The number of primary amides is 1. The Kier molecular flexibility index (Phi) is 15.4. The molecule has 0 aromatic carbocycles. The SMILES string of the molecule is CO/N=C1\C=C2NC(=O)/C(C)=C/C=C\[C@H](OC)[C@@H](OC(N)=O)/C(C)=C/[C@H](C)[C@@H](O)[C@@H](OC)C[C@H](C)CC(=C1OCCN(C)C)C2=O. The van der Waals surface area contributed by atoms with E-state index in [1.807, 2.05) is 32.8 Å². The van der Waals surface area contributed by atoms with Gasteiger partial charge in [-0.15, -0.1) is 0 Å². The molecule has 0 saturated carbocycles. The van der Waals surface area contributed by atoms with E-state index in [0.29, 0.717) is 24.1 Å². The van der Waals surface area contributed by atoms with Crippen LogP contribution in [0.3, 0.4) is 0 Å². The van der Waals surface area contributed by atoms with Gasteiger partial charge in [0.1, 0.15) is 25.5 Å². The summed E-state index contributed by atoms with van der Waals surface area (Å²) in [6, 6.07) is 0. The van der Waals surface area contributed by atoms with Crippen molar-refractivity contribution in [3.05, 3.63) is 58.6 Å². The number of aliphatic hydroxyl groups excluding tert-OH is 1. The van der Waals surface area contributed by atoms with Crippen molar-refractivity contribution in [2.75, 3.05) is 48.6 Å². The quantitative estimate of drug-likeness (QED) is 0.202. The molecule has 4 N–H and O–H groups in total. The van der Waals surface area contributed by atoms with Crippen LogP contribution in [0, 0.1) is 11.8 Å². The highest BCUT2D eigenvalue weighted by molar-refractivity contribution is 6.24. The van der Waals surface area contributed by atoms with Crippen molar-refractivity contribution in [3.8, 4) is 0 Å². The predicted molar refractivity (Wildman–Crippen MR) is 173 cm³/mol. The molecule has 46 heavy (non-hydrogen) atoms. The number of ether oxygens (including phenoxy) is 4. The minimum atomic E-state index is -0.991. The maximum absolute atomic E-state index is 13.9. The fraction of sp³-hybridized carbons (Fsp3) is 0.576. The average Bonchev–Trinajstić information content (AvgIpc) is 2.99. The van der Waals surface area contributed by atoms with Gasteiger partial charge in [0.15, 0.2) is 11.9 Å². The summed E-state index contributed by atoms with van der Waals surface area (Å²) in [6.07, 6.45) is 4.34. The number of allylic oxidation sites excluding steroid dienone is 4. The Hall–Kier alpha value is -3.78. The third kappa shape index (κ3) is 10.9. The largest absolute Gasteiger partial charge is 0.489 e. The van der Waals surface area contributed by atoms with Gasteiger partial charge >= 0.3 is 6.09 Å². The highest BCUT2D eigenvalue weighted by Gasteiger charge is 2.34. The first kappa shape index (κ1) is 38.4. The Labute approximate surface area is 271 Å². The molecule has 2 amide bonds. The molecular weight excluding hydrogens is 596 g/mol. The summed E-state index contributed by atoms with van der Waals surface area (Å²) in [7, 11) is 8.16. The molecule has 0 unspecified atom stereocenters. The zero-order valence-electron chi connectivity index (χ0n) is 28.4. The number of amides is 2. The van der Waals surface area contributed by atoms with Crippen molar-refractivity contribution in [2.24, 2.45) is 22.7 Å². The molecule has 2 rings (SSSR count). The van der Waals surface area contributed by atoms with Gasteiger partial charge in [-0.1, -0.05) is 43.3 Å². The van der Waals surface area contributed by atoms with Crippen molar-refractivity contribution in [1.82, 2.24) is 10.2 Å². The van der Waals surface area contributed by atoms with Gasteiger partial charge in [0, 0.05) is 37.8 Å². The van der Waals surface area contributed by atoms with E-state index >= 15 is 0 Å². The molecule has 13 heteroatoms. The van der Waals surface area contributed by atoms with E-state index < -0.39 is 48.1 Å². The molecule has 1 heterocycles. The van der Waals surface area contributed by atoms with Crippen LogP contribution in [-0.4, -0.2) is 106 Å². The number of nitrogens with zero attached hydrogens (tertiary/aromatic N) is 2. The smallest absolute Gasteiger partial charge is 0.405 e. The van der Waals surface area contributed by atoms with E-state index in [9.17, 15) is 19.5 Å². The highest BCUT2D eigenvalue weighted by atomic mass is 16.6. The number of hydrogen-bond acceptors (Lipinski definition) is 11. The molecular formula is C33H50N4O9. The Morgan fingerprint density at radius 2 is 1.85 bits per heavy atom. The predicted octanol–water partition coefficient (Wildman–Crippen LogP) is 2.77. The number of hydrogen-bond donors (Lipinski definition) is 3. The van der Waals surface area contributed by atoms with Gasteiger partial charge in [0.25, 0.3) is 5.91 Å². The Balaban J connectivity index is 2.68. The number of aliphatic hydroxyl groups is 1. The van der Waals surface area contributed by atoms with Crippen LogP contribution in [0.5, 0.6) is 0 Å². The summed E-state index contributed by atoms with van der Waals surface area (Å²) < 4.78 is 22.8. The van der Waals surface area contributed by atoms with Gasteiger partial charge in [-0.05, 0) is 58.4 Å². The molecule has 13 nitrogen and oxygen atoms in total. The maximum Gasteiger partial charge on any atom is 0.405 e. The van der Waals surface area contributed by atoms with Crippen LogP contribution in [0.2, 0.25) is 0 Å². The molecule has 0 saturated heterocycles. The maximum atomic E-state index is 13.9. The molecule has 1 aliphatic carbocycles. The summed E-state index contributed by atoms with van der Waals surface area (Å²) in [5.74, 6) is -1.27. The minimum absolute atomic E-state index is 0.0130. The normalized spacial score (nSPS) is 30.9. The lowest BCUT2D eigenvalue weighted by Crippen LogP contribution is -2.37. The van der Waals surface area contributed by atoms with Crippen molar-refractivity contribution in [2.45, 2.75) is 65.0 Å². The fourth-order valence-corrected chi connectivity index (χ4v) is 5.23. The van der Waals surface area contributed by atoms with E-state index in [0.717, 1.165) is 0 Å². The number of nitrogens with two attached hydrogens (primary N) is 1. The number of likely N-dealkylation sites (N-methyl/N-ethyl adjacent to an activating group) is 1. The van der Waals surface area contributed by atoms with Gasteiger partial charge in [0.2, 0.25) is 5.78 Å². The second kappa shape index (κ2) is 18.4. The Bertz CT molecular complexity index is 1280.